The number of Topliss-reactive ketones (excluding diaryl/α,β-unsaturated/α-hetero) is 1. The van der Waals surface area contributed by atoms with Gasteiger partial charge >= 0.3 is 0 Å². The van der Waals surface area contributed by atoms with Gasteiger partial charge in [-0.15, -0.1) is 10.2 Å². The van der Waals surface area contributed by atoms with E-state index in [1.807, 2.05) is 31.2 Å². The molecule has 6 heteroatoms. The van der Waals surface area contributed by atoms with E-state index in [0.717, 1.165) is 20.8 Å². The maximum absolute atomic E-state index is 12.5. The summed E-state index contributed by atoms with van der Waals surface area (Å²) in [4.78, 5) is 15.6. The number of H-pyrrole nitrogens is 1. The number of fused-ring (bicyclic) bond motifs is 1. The molecular weight excluding hydrogens is 278 g/mol. The molecule has 0 bridgehead atoms. The number of carbonyl (C=O) groups is 1. The molecule has 0 aliphatic carbocycles. The van der Waals surface area contributed by atoms with Gasteiger partial charge in [-0.2, -0.15) is 0 Å². The van der Waals surface area contributed by atoms with E-state index in [1.165, 1.54) is 23.1 Å². The van der Waals surface area contributed by atoms with Crippen molar-refractivity contribution in [3.05, 3.63) is 41.5 Å². The summed E-state index contributed by atoms with van der Waals surface area (Å²) < 4.78 is 0.820. The van der Waals surface area contributed by atoms with E-state index in [1.54, 1.807) is 11.7 Å². The van der Waals surface area contributed by atoms with Crippen LogP contribution in [0.2, 0.25) is 0 Å². The number of para-hydroxylation sites is 1. The second kappa shape index (κ2) is 5.14. The number of thioether (sulfide) groups is 1. The Bertz CT molecular complexity index is 706. The van der Waals surface area contributed by atoms with Gasteiger partial charge in [0.2, 0.25) is 0 Å². The Kier molecular flexibility index (Phi) is 3.35. The third-order valence-electron chi connectivity index (χ3n) is 2.84. The number of nitrogens with zero attached hydrogens (tertiary/aromatic N) is 2. The molecule has 0 aliphatic heterocycles. The van der Waals surface area contributed by atoms with Crippen LogP contribution in [0.5, 0.6) is 0 Å². The predicted molar refractivity (Wildman–Crippen MR) is 77.9 cm³/mol. The number of hydrogen-bond acceptors (Lipinski definition) is 5. The first-order valence-corrected chi connectivity index (χ1v) is 7.55. The Morgan fingerprint density at radius 2 is 2.26 bits per heavy atom. The lowest BCUT2D eigenvalue weighted by molar-refractivity contribution is 0.0995. The van der Waals surface area contributed by atoms with Crippen molar-refractivity contribution in [3.63, 3.8) is 0 Å². The van der Waals surface area contributed by atoms with Crippen LogP contribution in [0.4, 0.5) is 0 Å². The summed E-state index contributed by atoms with van der Waals surface area (Å²) in [5.74, 6) is 0.109. The van der Waals surface area contributed by atoms with Crippen LogP contribution in [0, 0.1) is 0 Å². The lowest BCUT2D eigenvalue weighted by Gasteiger charge is -2.06. The quantitative estimate of drug-likeness (QED) is 0.591. The molecule has 0 aliphatic rings. The van der Waals surface area contributed by atoms with Crippen LogP contribution < -0.4 is 0 Å². The molecule has 0 fully saturated rings. The number of carbonyl (C=O) groups excluding carboxylic acids is 1. The van der Waals surface area contributed by atoms with Crippen molar-refractivity contribution in [2.45, 2.75) is 16.5 Å². The van der Waals surface area contributed by atoms with Crippen LogP contribution in [0.25, 0.3) is 10.9 Å². The normalized spacial score (nSPS) is 12.7. The summed E-state index contributed by atoms with van der Waals surface area (Å²) in [6.45, 7) is 1.90. The molecular formula is C13H11N3OS2. The Hall–Kier alpha value is -1.66. The molecule has 4 nitrogen and oxygen atoms in total. The van der Waals surface area contributed by atoms with Crippen LogP contribution in [0.1, 0.15) is 17.3 Å². The van der Waals surface area contributed by atoms with E-state index >= 15 is 0 Å². The lowest BCUT2D eigenvalue weighted by atomic mass is 10.1. The molecule has 1 unspecified atom stereocenters. The highest BCUT2D eigenvalue weighted by Crippen LogP contribution is 2.28. The SMILES string of the molecule is CC(Sc1nncs1)C(=O)c1c[nH]c2ccccc12. The molecule has 2 aromatic heterocycles. The fourth-order valence-electron chi connectivity index (χ4n) is 1.91. The zero-order valence-corrected chi connectivity index (χ0v) is 11.8. The number of hydrogen-bond donors (Lipinski definition) is 1. The number of aromatic nitrogens is 3. The van der Waals surface area contributed by atoms with Gasteiger partial charge in [0.15, 0.2) is 10.1 Å². The summed E-state index contributed by atoms with van der Waals surface area (Å²) in [7, 11) is 0. The zero-order chi connectivity index (χ0) is 13.2. The molecule has 0 saturated carbocycles. The predicted octanol–water partition coefficient (Wildman–Crippen LogP) is 3.38. The molecule has 3 aromatic rings. The van der Waals surface area contributed by atoms with Crippen LogP contribution in [-0.2, 0) is 0 Å². The van der Waals surface area contributed by atoms with Gasteiger partial charge in [0.25, 0.3) is 0 Å². The first kappa shape index (κ1) is 12.4. The van der Waals surface area contributed by atoms with Gasteiger partial charge in [0.1, 0.15) is 5.51 Å². The number of ketones is 1. The number of nitrogens with one attached hydrogen (secondary N) is 1. The van der Waals surface area contributed by atoms with Crippen molar-refractivity contribution < 1.29 is 4.79 Å². The van der Waals surface area contributed by atoms with Gasteiger partial charge in [-0.1, -0.05) is 41.3 Å². The van der Waals surface area contributed by atoms with Gasteiger partial charge in [0, 0.05) is 22.7 Å². The van der Waals surface area contributed by atoms with Crippen molar-refractivity contribution in [1.82, 2.24) is 15.2 Å². The lowest BCUT2D eigenvalue weighted by Crippen LogP contribution is -2.12. The topological polar surface area (TPSA) is 58.6 Å². The van der Waals surface area contributed by atoms with Crippen molar-refractivity contribution in [2.24, 2.45) is 0 Å². The molecule has 0 amide bonds. The summed E-state index contributed by atoms with van der Waals surface area (Å²) in [6.07, 6.45) is 1.78. The van der Waals surface area contributed by atoms with Crippen molar-refractivity contribution in [2.75, 3.05) is 0 Å². The summed E-state index contributed by atoms with van der Waals surface area (Å²) in [5, 5.41) is 8.53. The standard InChI is InChI=1S/C13H11N3OS2/c1-8(19-13-16-15-7-18-13)12(17)10-6-14-11-5-3-2-4-9(10)11/h2-8,14H,1H3. The second-order valence-corrected chi connectivity index (χ2v) is 6.50. The average molecular weight is 289 g/mol. The van der Waals surface area contributed by atoms with Crippen LogP contribution in [0.15, 0.2) is 40.3 Å². The first-order valence-electron chi connectivity index (χ1n) is 5.79. The molecule has 3 rings (SSSR count). The molecule has 2 heterocycles. The largest absolute Gasteiger partial charge is 0.360 e. The van der Waals surface area contributed by atoms with E-state index < -0.39 is 0 Å². The Labute approximate surface area is 118 Å². The average Bonchev–Trinajstić information content (AvgIpc) is 3.06. The Morgan fingerprint density at radius 1 is 1.42 bits per heavy atom. The minimum Gasteiger partial charge on any atom is -0.360 e. The first-order chi connectivity index (χ1) is 9.25. The third-order valence-corrected chi connectivity index (χ3v) is 4.75. The van der Waals surface area contributed by atoms with Crippen LogP contribution >= 0.6 is 23.1 Å². The molecule has 19 heavy (non-hydrogen) atoms. The van der Waals surface area contributed by atoms with E-state index in [-0.39, 0.29) is 11.0 Å². The van der Waals surface area contributed by atoms with Gasteiger partial charge in [-0.3, -0.25) is 4.79 Å². The highest BCUT2D eigenvalue weighted by molar-refractivity contribution is 8.02. The van der Waals surface area contributed by atoms with Gasteiger partial charge in [-0.05, 0) is 13.0 Å². The van der Waals surface area contributed by atoms with Crippen molar-refractivity contribution in [3.8, 4) is 0 Å². The summed E-state index contributed by atoms with van der Waals surface area (Å²) in [5.41, 5.74) is 3.39. The van der Waals surface area contributed by atoms with Gasteiger partial charge in [0.05, 0.1) is 5.25 Å². The monoisotopic (exact) mass is 289 g/mol. The minimum absolute atomic E-state index is 0.109. The molecule has 0 spiro atoms. The van der Waals surface area contributed by atoms with Crippen molar-refractivity contribution >= 4 is 39.8 Å². The summed E-state index contributed by atoms with van der Waals surface area (Å²) in [6, 6.07) is 7.82. The van der Waals surface area contributed by atoms with Crippen molar-refractivity contribution in [1.29, 1.82) is 0 Å². The van der Waals surface area contributed by atoms with Crippen LogP contribution in [-0.4, -0.2) is 26.2 Å². The van der Waals surface area contributed by atoms with Gasteiger partial charge < -0.3 is 4.98 Å². The molecule has 1 N–H and O–H groups in total. The van der Waals surface area contributed by atoms with Gasteiger partial charge in [-0.25, -0.2) is 0 Å². The Balaban J connectivity index is 1.87. The zero-order valence-electron chi connectivity index (χ0n) is 10.2. The molecule has 96 valence electrons. The maximum atomic E-state index is 12.5. The van der Waals surface area contributed by atoms with E-state index in [4.69, 9.17) is 0 Å². The van der Waals surface area contributed by atoms with E-state index in [0.29, 0.717) is 0 Å². The molecule has 0 saturated heterocycles. The van der Waals surface area contributed by atoms with E-state index in [9.17, 15) is 4.79 Å². The Morgan fingerprint density at radius 3 is 3.05 bits per heavy atom. The maximum Gasteiger partial charge on any atom is 0.178 e. The number of aromatic amines is 1. The molecule has 1 aromatic carbocycles. The smallest absolute Gasteiger partial charge is 0.178 e. The number of benzene rings is 1. The molecule has 1 atom stereocenters. The number of rotatable bonds is 4. The third kappa shape index (κ3) is 2.41. The fraction of sp³-hybridized carbons (Fsp3) is 0.154. The van der Waals surface area contributed by atoms with Crippen LogP contribution in [0.3, 0.4) is 0 Å². The highest BCUT2D eigenvalue weighted by atomic mass is 32.2. The molecule has 0 radical (unpaired) electrons. The second-order valence-electron chi connectivity index (χ2n) is 4.08. The van der Waals surface area contributed by atoms with E-state index in [2.05, 4.69) is 15.2 Å². The minimum atomic E-state index is -0.174. The fourth-order valence-corrected chi connectivity index (χ4v) is 3.61. The highest BCUT2D eigenvalue weighted by Gasteiger charge is 2.20. The summed E-state index contributed by atoms with van der Waals surface area (Å²) >= 11 is 2.90.